The minimum Gasteiger partial charge on any atom is -0.496 e. The average molecular weight is 239 g/mol. The van der Waals surface area contributed by atoms with E-state index in [-0.39, 0.29) is 13.2 Å². The Morgan fingerprint density at radius 2 is 1.94 bits per heavy atom. The van der Waals surface area contributed by atoms with E-state index < -0.39 is 5.54 Å². The number of aryl methyl sites for hydroxylation is 1. The molecule has 0 aliphatic carbocycles. The Labute approximate surface area is 102 Å². The number of aliphatic hydroxyl groups excluding tert-OH is 2. The standard InChI is InChI=1S/C13H21NO3/c1-10-6-11(4-5-12(10)17-3)7-14-13(2,8-15)9-16/h4-6,14-16H,7-9H2,1-3H3. The van der Waals surface area contributed by atoms with E-state index in [1.165, 1.54) is 0 Å². The fourth-order valence-electron chi connectivity index (χ4n) is 1.53. The molecule has 96 valence electrons. The fraction of sp³-hybridized carbons (Fsp3) is 0.538. The number of nitrogens with one attached hydrogen (secondary N) is 1. The van der Waals surface area contributed by atoms with Crippen LogP contribution in [-0.4, -0.2) is 36.1 Å². The number of hydrogen-bond acceptors (Lipinski definition) is 4. The summed E-state index contributed by atoms with van der Waals surface area (Å²) in [6.45, 7) is 4.17. The van der Waals surface area contributed by atoms with Gasteiger partial charge in [0.1, 0.15) is 5.75 Å². The molecule has 0 heterocycles. The average Bonchev–Trinajstić information content (AvgIpc) is 2.36. The molecule has 0 fully saturated rings. The first-order valence-electron chi connectivity index (χ1n) is 5.65. The van der Waals surface area contributed by atoms with Crippen LogP contribution >= 0.6 is 0 Å². The lowest BCUT2D eigenvalue weighted by atomic mass is 10.0. The van der Waals surface area contributed by atoms with Crippen molar-refractivity contribution in [2.24, 2.45) is 0 Å². The molecule has 17 heavy (non-hydrogen) atoms. The summed E-state index contributed by atoms with van der Waals surface area (Å²) in [5.41, 5.74) is 1.52. The molecule has 0 spiro atoms. The summed E-state index contributed by atoms with van der Waals surface area (Å²) in [6.07, 6.45) is 0. The van der Waals surface area contributed by atoms with Crippen LogP contribution in [0.1, 0.15) is 18.1 Å². The number of benzene rings is 1. The minimum absolute atomic E-state index is 0.0986. The van der Waals surface area contributed by atoms with Crippen molar-refractivity contribution in [2.45, 2.75) is 25.9 Å². The molecule has 0 aromatic heterocycles. The van der Waals surface area contributed by atoms with Gasteiger partial charge in [-0.05, 0) is 31.0 Å². The Morgan fingerprint density at radius 3 is 2.41 bits per heavy atom. The number of methoxy groups -OCH3 is 1. The first kappa shape index (κ1) is 14.0. The minimum atomic E-state index is -0.645. The van der Waals surface area contributed by atoms with E-state index >= 15 is 0 Å². The maximum Gasteiger partial charge on any atom is 0.121 e. The van der Waals surface area contributed by atoms with Crippen LogP contribution in [0.4, 0.5) is 0 Å². The zero-order valence-corrected chi connectivity index (χ0v) is 10.7. The van der Waals surface area contributed by atoms with Gasteiger partial charge in [0.05, 0.1) is 25.9 Å². The lowest BCUT2D eigenvalue weighted by Crippen LogP contribution is -2.48. The second-order valence-electron chi connectivity index (χ2n) is 4.53. The Kier molecular flexibility index (Phi) is 4.93. The Balaban J connectivity index is 2.67. The third-order valence-corrected chi connectivity index (χ3v) is 2.88. The van der Waals surface area contributed by atoms with Crippen LogP contribution in [0.3, 0.4) is 0 Å². The summed E-state index contributed by atoms with van der Waals surface area (Å²) < 4.78 is 5.19. The lowest BCUT2D eigenvalue weighted by molar-refractivity contribution is 0.103. The number of ether oxygens (including phenoxy) is 1. The first-order chi connectivity index (χ1) is 8.04. The van der Waals surface area contributed by atoms with Crippen molar-refractivity contribution in [3.63, 3.8) is 0 Å². The molecule has 4 heteroatoms. The van der Waals surface area contributed by atoms with E-state index in [9.17, 15) is 0 Å². The molecule has 0 amide bonds. The smallest absolute Gasteiger partial charge is 0.121 e. The third-order valence-electron chi connectivity index (χ3n) is 2.88. The largest absolute Gasteiger partial charge is 0.496 e. The van der Waals surface area contributed by atoms with Crippen molar-refractivity contribution in [2.75, 3.05) is 20.3 Å². The van der Waals surface area contributed by atoms with Gasteiger partial charge in [-0.15, -0.1) is 0 Å². The SMILES string of the molecule is COc1ccc(CNC(C)(CO)CO)cc1C. The zero-order valence-electron chi connectivity index (χ0n) is 10.7. The molecule has 1 aromatic carbocycles. The molecular weight excluding hydrogens is 218 g/mol. The van der Waals surface area contributed by atoms with Crippen LogP contribution in [0.5, 0.6) is 5.75 Å². The Hall–Kier alpha value is -1.10. The predicted octanol–water partition coefficient (Wildman–Crippen LogP) is 0.837. The van der Waals surface area contributed by atoms with Crippen molar-refractivity contribution in [1.82, 2.24) is 5.32 Å². The highest BCUT2D eigenvalue weighted by molar-refractivity contribution is 5.36. The maximum atomic E-state index is 9.16. The van der Waals surface area contributed by atoms with E-state index in [1.54, 1.807) is 14.0 Å². The summed E-state index contributed by atoms with van der Waals surface area (Å²) in [7, 11) is 1.65. The normalized spacial score (nSPS) is 11.6. The lowest BCUT2D eigenvalue weighted by Gasteiger charge is -2.26. The van der Waals surface area contributed by atoms with E-state index in [0.717, 1.165) is 16.9 Å². The first-order valence-corrected chi connectivity index (χ1v) is 5.65. The zero-order chi connectivity index (χ0) is 12.9. The molecular formula is C13H21NO3. The molecule has 1 aromatic rings. The fourth-order valence-corrected chi connectivity index (χ4v) is 1.53. The molecule has 0 bridgehead atoms. The summed E-state index contributed by atoms with van der Waals surface area (Å²) in [6, 6.07) is 5.91. The topological polar surface area (TPSA) is 61.7 Å². The van der Waals surface area contributed by atoms with Crippen LogP contribution in [-0.2, 0) is 6.54 Å². The molecule has 0 radical (unpaired) electrons. The van der Waals surface area contributed by atoms with Crippen molar-refractivity contribution in [3.05, 3.63) is 29.3 Å². The second kappa shape index (κ2) is 6.00. The van der Waals surface area contributed by atoms with Gasteiger partial charge < -0.3 is 20.3 Å². The van der Waals surface area contributed by atoms with Crippen LogP contribution in [0.15, 0.2) is 18.2 Å². The van der Waals surface area contributed by atoms with E-state index in [4.69, 9.17) is 14.9 Å². The molecule has 4 nitrogen and oxygen atoms in total. The van der Waals surface area contributed by atoms with Gasteiger partial charge in [-0.3, -0.25) is 0 Å². The van der Waals surface area contributed by atoms with Crippen molar-refractivity contribution in [1.29, 1.82) is 0 Å². The molecule has 0 saturated carbocycles. The van der Waals surface area contributed by atoms with E-state index in [1.807, 2.05) is 25.1 Å². The van der Waals surface area contributed by atoms with Crippen molar-refractivity contribution >= 4 is 0 Å². The predicted molar refractivity (Wildman–Crippen MR) is 67.1 cm³/mol. The highest BCUT2D eigenvalue weighted by Gasteiger charge is 2.21. The van der Waals surface area contributed by atoms with Crippen LogP contribution in [0, 0.1) is 6.92 Å². The molecule has 0 aliphatic heterocycles. The second-order valence-corrected chi connectivity index (χ2v) is 4.53. The molecule has 0 saturated heterocycles. The van der Waals surface area contributed by atoms with Crippen LogP contribution in [0.25, 0.3) is 0 Å². The summed E-state index contributed by atoms with van der Waals surface area (Å²) in [5, 5.41) is 21.5. The highest BCUT2D eigenvalue weighted by atomic mass is 16.5. The molecule has 0 atom stereocenters. The van der Waals surface area contributed by atoms with Crippen LogP contribution in [0.2, 0.25) is 0 Å². The Morgan fingerprint density at radius 1 is 1.29 bits per heavy atom. The van der Waals surface area contributed by atoms with Gasteiger partial charge >= 0.3 is 0 Å². The maximum absolute atomic E-state index is 9.16. The monoisotopic (exact) mass is 239 g/mol. The third kappa shape index (κ3) is 3.70. The Bertz CT molecular complexity index is 362. The summed E-state index contributed by atoms with van der Waals surface area (Å²) >= 11 is 0. The van der Waals surface area contributed by atoms with E-state index in [0.29, 0.717) is 6.54 Å². The molecule has 0 unspecified atom stereocenters. The molecule has 3 N–H and O–H groups in total. The quantitative estimate of drug-likeness (QED) is 0.688. The van der Waals surface area contributed by atoms with Crippen molar-refractivity contribution < 1.29 is 14.9 Å². The van der Waals surface area contributed by atoms with Gasteiger partial charge in [0.15, 0.2) is 0 Å². The van der Waals surface area contributed by atoms with Crippen molar-refractivity contribution in [3.8, 4) is 5.75 Å². The molecule has 1 rings (SSSR count). The van der Waals surface area contributed by atoms with Gasteiger partial charge in [-0.2, -0.15) is 0 Å². The number of hydrogen-bond donors (Lipinski definition) is 3. The number of aliphatic hydroxyl groups is 2. The van der Waals surface area contributed by atoms with Gasteiger partial charge in [-0.25, -0.2) is 0 Å². The summed E-state index contributed by atoms with van der Waals surface area (Å²) in [4.78, 5) is 0. The van der Waals surface area contributed by atoms with Gasteiger partial charge in [0, 0.05) is 6.54 Å². The van der Waals surface area contributed by atoms with Crippen LogP contribution < -0.4 is 10.1 Å². The number of rotatable bonds is 6. The van der Waals surface area contributed by atoms with Gasteiger partial charge in [0.25, 0.3) is 0 Å². The van der Waals surface area contributed by atoms with Gasteiger partial charge in [0.2, 0.25) is 0 Å². The van der Waals surface area contributed by atoms with Gasteiger partial charge in [-0.1, -0.05) is 12.1 Å². The molecule has 0 aliphatic rings. The summed E-state index contributed by atoms with van der Waals surface area (Å²) in [5.74, 6) is 0.862. The highest BCUT2D eigenvalue weighted by Crippen LogP contribution is 2.18. The van der Waals surface area contributed by atoms with E-state index in [2.05, 4.69) is 5.32 Å².